The Morgan fingerprint density at radius 1 is 0.889 bits per heavy atom. The van der Waals surface area contributed by atoms with Gasteiger partial charge in [0.1, 0.15) is 12.1 Å². The number of anilines is 4. The highest BCUT2D eigenvalue weighted by Gasteiger charge is 2.31. The summed E-state index contributed by atoms with van der Waals surface area (Å²) in [5.41, 5.74) is -0.480. The molecule has 0 radical (unpaired) electrons. The maximum absolute atomic E-state index is 12.3. The smallest absolute Gasteiger partial charge is 0.465 e. The normalized spacial score (nSPS) is 10.8. The number of aromatic nitrogens is 2. The lowest BCUT2D eigenvalue weighted by molar-refractivity contribution is -0.383. The lowest BCUT2D eigenvalue weighted by Gasteiger charge is -2.12. The van der Waals surface area contributed by atoms with Crippen molar-refractivity contribution in [1.29, 1.82) is 0 Å². The Balaban J connectivity index is 1.95. The molecule has 0 saturated heterocycles. The molecule has 2 aromatic carbocycles. The van der Waals surface area contributed by atoms with E-state index in [1.807, 2.05) is 0 Å². The zero-order valence-corrected chi connectivity index (χ0v) is 18.5. The molecule has 0 amide bonds. The number of carbonyl (C=O) groups excluding carboxylic acids is 2. The predicted octanol–water partition coefficient (Wildman–Crippen LogP) is 4.34. The number of nitrogens with one attached hydrogen (secondary N) is 2. The zero-order chi connectivity index (χ0) is 26.5. The van der Waals surface area contributed by atoms with Crippen LogP contribution in [0.5, 0.6) is 5.75 Å². The van der Waals surface area contributed by atoms with Crippen LogP contribution in [0.2, 0.25) is 0 Å². The highest BCUT2D eigenvalue weighted by atomic mass is 19.4. The first-order valence-corrected chi connectivity index (χ1v) is 9.71. The van der Waals surface area contributed by atoms with E-state index in [1.54, 1.807) is 0 Å². The summed E-state index contributed by atoms with van der Waals surface area (Å²) in [4.78, 5) is 42.7. The van der Waals surface area contributed by atoms with Crippen LogP contribution in [0.3, 0.4) is 0 Å². The lowest BCUT2D eigenvalue weighted by Crippen LogP contribution is -2.17. The summed E-state index contributed by atoms with van der Waals surface area (Å²) < 4.78 is 50.1. The number of esters is 2. The maximum atomic E-state index is 12.3. The van der Waals surface area contributed by atoms with Crippen molar-refractivity contribution in [3.63, 3.8) is 0 Å². The number of ether oxygens (including phenoxy) is 3. The molecule has 12 nitrogen and oxygen atoms in total. The van der Waals surface area contributed by atoms with Crippen LogP contribution < -0.4 is 15.4 Å². The first kappa shape index (κ1) is 25.7. The van der Waals surface area contributed by atoms with Gasteiger partial charge < -0.3 is 24.8 Å². The fourth-order valence-corrected chi connectivity index (χ4v) is 2.92. The van der Waals surface area contributed by atoms with Gasteiger partial charge in [0.15, 0.2) is 0 Å². The molecule has 0 atom stereocenters. The van der Waals surface area contributed by atoms with Gasteiger partial charge in [-0.05, 0) is 42.5 Å². The number of alkyl halides is 3. The molecule has 0 fully saturated rings. The number of carbonyl (C=O) groups is 2. The van der Waals surface area contributed by atoms with Crippen molar-refractivity contribution in [2.75, 3.05) is 24.9 Å². The van der Waals surface area contributed by atoms with Crippen molar-refractivity contribution < 1.29 is 41.9 Å². The topological polar surface area (TPSA) is 155 Å². The number of methoxy groups -OCH3 is 2. The highest BCUT2D eigenvalue weighted by molar-refractivity contribution is 5.97. The van der Waals surface area contributed by atoms with Gasteiger partial charge in [0.05, 0.1) is 30.3 Å². The quantitative estimate of drug-likeness (QED) is 0.254. The van der Waals surface area contributed by atoms with Gasteiger partial charge >= 0.3 is 24.0 Å². The van der Waals surface area contributed by atoms with E-state index in [0.29, 0.717) is 0 Å². The van der Waals surface area contributed by atoms with E-state index in [0.717, 1.165) is 32.7 Å². The monoisotopic (exact) mass is 507 g/mol. The Hall–Kier alpha value is -4.95. The first-order valence-electron chi connectivity index (χ1n) is 9.71. The average molecular weight is 507 g/mol. The van der Waals surface area contributed by atoms with E-state index in [-0.39, 0.29) is 34.1 Å². The summed E-state index contributed by atoms with van der Waals surface area (Å²) in [6.07, 6.45) is -3.88. The molecule has 15 heteroatoms. The van der Waals surface area contributed by atoms with Gasteiger partial charge in [-0.15, -0.1) is 13.2 Å². The Labute approximate surface area is 200 Å². The van der Waals surface area contributed by atoms with Crippen molar-refractivity contribution in [2.45, 2.75) is 6.36 Å². The minimum atomic E-state index is -4.88. The molecule has 0 saturated carbocycles. The Morgan fingerprint density at radius 3 is 1.83 bits per heavy atom. The molecule has 36 heavy (non-hydrogen) atoms. The first-order chi connectivity index (χ1) is 17.0. The molecule has 188 valence electrons. The second kappa shape index (κ2) is 10.5. The third-order valence-corrected chi connectivity index (χ3v) is 4.39. The SMILES string of the molecule is COC(=O)c1cc(Nc2ncnc(Nc3ccc(OC(F)(F)F)cc3)c2[N+](=O)[O-])cc(C(=O)OC)c1. The van der Waals surface area contributed by atoms with Gasteiger partial charge in [-0.2, -0.15) is 0 Å². The van der Waals surface area contributed by atoms with E-state index in [4.69, 9.17) is 0 Å². The molecule has 0 spiro atoms. The molecule has 0 aliphatic heterocycles. The summed E-state index contributed by atoms with van der Waals surface area (Å²) in [5.74, 6) is -2.64. The number of nitrogens with zero attached hydrogens (tertiary/aromatic N) is 3. The standard InChI is InChI=1S/C21H16F3N5O7/c1-34-19(30)11-7-12(20(31)35-2)9-14(8-11)28-18-16(29(32)33)17(25-10-26-18)27-13-3-5-15(6-4-13)36-21(22,23)24/h3-10H,1-2H3,(H2,25,26,27,28). The van der Waals surface area contributed by atoms with Crippen LogP contribution in [0.1, 0.15) is 20.7 Å². The minimum Gasteiger partial charge on any atom is -0.465 e. The summed E-state index contributed by atoms with van der Waals surface area (Å²) in [5, 5.41) is 17.1. The van der Waals surface area contributed by atoms with E-state index in [1.165, 1.54) is 30.3 Å². The highest BCUT2D eigenvalue weighted by Crippen LogP contribution is 2.34. The van der Waals surface area contributed by atoms with Gasteiger partial charge in [-0.3, -0.25) is 10.1 Å². The summed E-state index contributed by atoms with van der Waals surface area (Å²) >= 11 is 0. The molecule has 0 aliphatic rings. The molecule has 1 heterocycles. The van der Waals surface area contributed by atoms with Gasteiger partial charge in [0, 0.05) is 11.4 Å². The minimum absolute atomic E-state index is 0.0425. The Morgan fingerprint density at radius 2 is 1.39 bits per heavy atom. The van der Waals surface area contributed by atoms with Crippen LogP contribution in [0.15, 0.2) is 48.8 Å². The van der Waals surface area contributed by atoms with Crippen molar-refractivity contribution in [2.24, 2.45) is 0 Å². The van der Waals surface area contributed by atoms with Crippen LogP contribution in [-0.4, -0.2) is 47.4 Å². The average Bonchev–Trinajstić information content (AvgIpc) is 2.83. The number of hydrogen-bond donors (Lipinski definition) is 2. The molecular weight excluding hydrogens is 491 g/mol. The van der Waals surface area contributed by atoms with E-state index < -0.39 is 34.7 Å². The third kappa shape index (κ3) is 6.34. The lowest BCUT2D eigenvalue weighted by atomic mass is 10.1. The number of rotatable bonds is 8. The molecule has 0 bridgehead atoms. The van der Waals surface area contributed by atoms with Gasteiger partial charge in [-0.25, -0.2) is 19.6 Å². The molecule has 3 aromatic rings. The number of halogens is 3. The summed E-state index contributed by atoms with van der Waals surface area (Å²) in [6.45, 7) is 0. The number of benzene rings is 2. The number of hydrogen-bond acceptors (Lipinski definition) is 11. The fraction of sp³-hybridized carbons (Fsp3) is 0.143. The third-order valence-electron chi connectivity index (χ3n) is 4.39. The van der Waals surface area contributed by atoms with Crippen LogP contribution in [-0.2, 0) is 9.47 Å². The maximum Gasteiger partial charge on any atom is 0.573 e. The van der Waals surface area contributed by atoms with Gasteiger partial charge in [0.25, 0.3) is 0 Å². The second-order valence-corrected chi connectivity index (χ2v) is 6.78. The van der Waals surface area contributed by atoms with Crippen LogP contribution in [0.4, 0.5) is 41.9 Å². The van der Waals surface area contributed by atoms with Gasteiger partial charge in [-0.1, -0.05) is 0 Å². The van der Waals surface area contributed by atoms with E-state index >= 15 is 0 Å². The molecule has 0 aliphatic carbocycles. The van der Waals surface area contributed by atoms with Crippen LogP contribution >= 0.6 is 0 Å². The van der Waals surface area contributed by atoms with Crippen LogP contribution in [0.25, 0.3) is 0 Å². The predicted molar refractivity (Wildman–Crippen MR) is 117 cm³/mol. The summed E-state index contributed by atoms with van der Waals surface area (Å²) in [6, 6.07) is 8.18. The Kier molecular flexibility index (Phi) is 7.52. The van der Waals surface area contributed by atoms with Crippen molar-refractivity contribution in [3.8, 4) is 5.75 Å². The molecule has 3 rings (SSSR count). The number of nitro groups is 1. The van der Waals surface area contributed by atoms with E-state index in [2.05, 4.69) is 34.8 Å². The molecule has 1 aromatic heterocycles. The van der Waals surface area contributed by atoms with Crippen molar-refractivity contribution in [3.05, 3.63) is 70.0 Å². The molecule has 2 N–H and O–H groups in total. The largest absolute Gasteiger partial charge is 0.573 e. The second-order valence-electron chi connectivity index (χ2n) is 6.78. The zero-order valence-electron chi connectivity index (χ0n) is 18.5. The molecule has 0 unspecified atom stereocenters. The fourth-order valence-electron chi connectivity index (χ4n) is 2.92. The van der Waals surface area contributed by atoms with Crippen molar-refractivity contribution >= 4 is 40.6 Å². The van der Waals surface area contributed by atoms with Crippen molar-refractivity contribution in [1.82, 2.24) is 9.97 Å². The Bertz CT molecular complexity index is 1270. The van der Waals surface area contributed by atoms with Gasteiger partial charge in [0.2, 0.25) is 11.6 Å². The van der Waals surface area contributed by atoms with Crippen LogP contribution in [0, 0.1) is 10.1 Å². The van der Waals surface area contributed by atoms with E-state index in [9.17, 15) is 32.9 Å². The molecular formula is C21H16F3N5O7. The summed E-state index contributed by atoms with van der Waals surface area (Å²) in [7, 11) is 2.27.